The Morgan fingerprint density at radius 1 is 0.793 bits per heavy atom. The van der Waals surface area contributed by atoms with Crippen molar-refractivity contribution in [2.45, 2.75) is 0 Å². The normalized spacial score (nSPS) is 10.2. The lowest BCUT2D eigenvalue weighted by Crippen LogP contribution is -2.03. The summed E-state index contributed by atoms with van der Waals surface area (Å²) in [5, 5.41) is 15.6. The molecular weight excluding hydrogens is 365 g/mol. The number of nitriles is 1. The summed E-state index contributed by atoms with van der Waals surface area (Å²) in [5.41, 5.74) is 3.45. The van der Waals surface area contributed by atoms with E-state index in [-0.39, 0.29) is 5.82 Å². The maximum atomic E-state index is 13.2. The summed E-state index contributed by atoms with van der Waals surface area (Å²) in [7, 11) is 0. The Kier molecular flexibility index (Phi) is 5.12. The van der Waals surface area contributed by atoms with E-state index >= 15 is 0 Å². The standard InChI is InChI=1S/C23H16FN5/c24-18-10-12-19(13-11-18)26-22-14-21(16-6-2-1-3-7-16)28-23(29-22)27-20-9-5-4-8-17(20)15-25/h1-14H,(H2,26,27,28,29). The van der Waals surface area contributed by atoms with Crippen LogP contribution in [0.15, 0.2) is 84.9 Å². The van der Waals surface area contributed by atoms with Crippen LogP contribution in [0, 0.1) is 17.1 Å². The van der Waals surface area contributed by atoms with Gasteiger partial charge in [0.05, 0.1) is 16.9 Å². The van der Waals surface area contributed by atoms with Gasteiger partial charge in [0, 0.05) is 17.3 Å². The van der Waals surface area contributed by atoms with Crippen molar-refractivity contribution in [1.29, 1.82) is 5.26 Å². The number of aromatic nitrogens is 2. The predicted molar refractivity (Wildman–Crippen MR) is 112 cm³/mol. The number of nitrogens with one attached hydrogen (secondary N) is 2. The lowest BCUT2D eigenvalue weighted by atomic mass is 10.1. The molecule has 0 radical (unpaired) electrons. The van der Waals surface area contributed by atoms with Crippen molar-refractivity contribution in [2.24, 2.45) is 0 Å². The maximum absolute atomic E-state index is 13.2. The fraction of sp³-hybridized carbons (Fsp3) is 0. The Morgan fingerprint density at radius 2 is 1.52 bits per heavy atom. The zero-order valence-electron chi connectivity index (χ0n) is 15.3. The van der Waals surface area contributed by atoms with E-state index in [1.54, 1.807) is 30.3 Å². The molecule has 0 atom stereocenters. The molecule has 0 spiro atoms. The smallest absolute Gasteiger partial charge is 0.229 e. The summed E-state index contributed by atoms with van der Waals surface area (Å²) >= 11 is 0. The van der Waals surface area contributed by atoms with Crippen LogP contribution in [-0.2, 0) is 0 Å². The fourth-order valence-electron chi connectivity index (χ4n) is 2.82. The molecule has 0 aliphatic heterocycles. The first-order valence-corrected chi connectivity index (χ1v) is 8.94. The first-order valence-electron chi connectivity index (χ1n) is 8.94. The quantitative estimate of drug-likeness (QED) is 0.468. The Bertz CT molecular complexity index is 1170. The molecule has 3 aromatic carbocycles. The summed E-state index contributed by atoms with van der Waals surface area (Å²) < 4.78 is 13.2. The minimum absolute atomic E-state index is 0.307. The largest absolute Gasteiger partial charge is 0.340 e. The molecule has 0 saturated heterocycles. The molecule has 5 nitrogen and oxygen atoms in total. The third-order valence-electron chi connectivity index (χ3n) is 4.21. The van der Waals surface area contributed by atoms with Gasteiger partial charge >= 0.3 is 0 Å². The number of hydrogen-bond donors (Lipinski definition) is 2. The molecule has 0 saturated carbocycles. The van der Waals surface area contributed by atoms with Crippen molar-refractivity contribution in [3.63, 3.8) is 0 Å². The number of rotatable bonds is 5. The molecule has 140 valence electrons. The number of benzene rings is 3. The van der Waals surface area contributed by atoms with Crippen molar-refractivity contribution >= 4 is 23.1 Å². The fourth-order valence-corrected chi connectivity index (χ4v) is 2.82. The number of hydrogen-bond acceptors (Lipinski definition) is 5. The highest BCUT2D eigenvalue weighted by Gasteiger charge is 2.09. The van der Waals surface area contributed by atoms with Crippen molar-refractivity contribution in [3.05, 3.63) is 96.3 Å². The van der Waals surface area contributed by atoms with Crippen molar-refractivity contribution in [1.82, 2.24) is 9.97 Å². The van der Waals surface area contributed by atoms with E-state index in [1.165, 1.54) is 12.1 Å². The topological polar surface area (TPSA) is 73.6 Å². The maximum Gasteiger partial charge on any atom is 0.229 e. The second-order valence-corrected chi connectivity index (χ2v) is 6.24. The zero-order valence-corrected chi connectivity index (χ0v) is 15.3. The molecule has 29 heavy (non-hydrogen) atoms. The summed E-state index contributed by atoms with van der Waals surface area (Å²) in [6, 6.07) is 26.9. The molecule has 4 aromatic rings. The monoisotopic (exact) mass is 381 g/mol. The molecule has 1 heterocycles. The lowest BCUT2D eigenvalue weighted by Gasteiger charge is -2.12. The van der Waals surface area contributed by atoms with Crippen LogP contribution < -0.4 is 10.6 Å². The summed E-state index contributed by atoms with van der Waals surface area (Å²) in [6.45, 7) is 0. The van der Waals surface area contributed by atoms with Crippen molar-refractivity contribution < 1.29 is 4.39 Å². The summed E-state index contributed by atoms with van der Waals surface area (Å²) in [6.07, 6.45) is 0. The SMILES string of the molecule is N#Cc1ccccc1Nc1nc(Nc2ccc(F)cc2)cc(-c2ccccc2)n1. The lowest BCUT2D eigenvalue weighted by molar-refractivity contribution is 0.628. The molecule has 2 N–H and O–H groups in total. The van der Waals surface area contributed by atoms with E-state index in [0.29, 0.717) is 34.4 Å². The molecule has 4 rings (SSSR count). The van der Waals surface area contributed by atoms with Crippen molar-refractivity contribution in [3.8, 4) is 17.3 Å². The highest BCUT2D eigenvalue weighted by molar-refractivity contribution is 5.70. The van der Waals surface area contributed by atoms with Gasteiger partial charge in [0.25, 0.3) is 0 Å². The first-order chi connectivity index (χ1) is 14.2. The van der Waals surface area contributed by atoms with Crippen LogP contribution in [0.3, 0.4) is 0 Å². The minimum atomic E-state index is -0.307. The van der Waals surface area contributed by atoms with Gasteiger partial charge in [-0.15, -0.1) is 0 Å². The number of anilines is 4. The summed E-state index contributed by atoms with van der Waals surface area (Å²) in [5.74, 6) is 0.583. The van der Waals surface area contributed by atoms with Gasteiger partial charge in [0.15, 0.2) is 0 Å². The van der Waals surface area contributed by atoms with Crippen LogP contribution in [0.1, 0.15) is 5.56 Å². The van der Waals surface area contributed by atoms with Crippen LogP contribution in [-0.4, -0.2) is 9.97 Å². The number of halogens is 1. The van der Waals surface area contributed by atoms with Crippen molar-refractivity contribution in [2.75, 3.05) is 10.6 Å². The van der Waals surface area contributed by atoms with E-state index in [2.05, 4.69) is 26.7 Å². The Hall–Kier alpha value is -4.24. The molecule has 6 heteroatoms. The second kappa shape index (κ2) is 8.19. The van der Waals surface area contributed by atoms with Gasteiger partial charge in [-0.1, -0.05) is 42.5 Å². The van der Waals surface area contributed by atoms with Crippen LogP contribution in [0.25, 0.3) is 11.3 Å². The van der Waals surface area contributed by atoms with Gasteiger partial charge < -0.3 is 10.6 Å². The minimum Gasteiger partial charge on any atom is -0.340 e. The van der Waals surface area contributed by atoms with Crippen LogP contribution in [0.5, 0.6) is 0 Å². The molecule has 0 unspecified atom stereocenters. The van der Waals surface area contributed by atoms with E-state index in [9.17, 15) is 9.65 Å². The molecule has 0 bridgehead atoms. The highest BCUT2D eigenvalue weighted by Crippen LogP contribution is 2.26. The highest BCUT2D eigenvalue weighted by atomic mass is 19.1. The molecule has 0 aliphatic rings. The van der Waals surface area contributed by atoms with Gasteiger partial charge in [0.1, 0.15) is 17.7 Å². The summed E-state index contributed by atoms with van der Waals surface area (Å²) in [4.78, 5) is 9.11. The van der Waals surface area contributed by atoms with E-state index in [4.69, 9.17) is 0 Å². The van der Waals surface area contributed by atoms with Gasteiger partial charge in [-0.05, 0) is 36.4 Å². The van der Waals surface area contributed by atoms with Gasteiger partial charge in [-0.2, -0.15) is 10.2 Å². The molecule has 1 aromatic heterocycles. The third-order valence-corrected chi connectivity index (χ3v) is 4.21. The molecule has 0 amide bonds. The average molecular weight is 381 g/mol. The average Bonchev–Trinajstić information content (AvgIpc) is 2.76. The Morgan fingerprint density at radius 3 is 2.28 bits per heavy atom. The number of para-hydroxylation sites is 1. The van der Waals surface area contributed by atoms with Gasteiger partial charge in [0.2, 0.25) is 5.95 Å². The second-order valence-electron chi connectivity index (χ2n) is 6.24. The van der Waals surface area contributed by atoms with E-state index in [1.807, 2.05) is 42.5 Å². The third kappa shape index (κ3) is 4.37. The Labute approximate surface area is 167 Å². The van der Waals surface area contributed by atoms with E-state index in [0.717, 1.165) is 5.56 Å². The zero-order chi connectivity index (χ0) is 20.1. The molecule has 0 fully saturated rings. The van der Waals surface area contributed by atoms with Crippen LogP contribution >= 0.6 is 0 Å². The first kappa shape index (κ1) is 18.1. The van der Waals surface area contributed by atoms with E-state index < -0.39 is 0 Å². The Balaban J connectivity index is 1.73. The number of nitrogens with zero attached hydrogens (tertiary/aromatic N) is 3. The van der Waals surface area contributed by atoms with Crippen LogP contribution in [0.2, 0.25) is 0 Å². The van der Waals surface area contributed by atoms with Crippen LogP contribution in [0.4, 0.5) is 27.5 Å². The van der Waals surface area contributed by atoms with Gasteiger partial charge in [-0.25, -0.2) is 9.37 Å². The predicted octanol–water partition coefficient (Wildman–Crippen LogP) is 5.64. The van der Waals surface area contributed by atoms with Gasteiger partial charge in [-0.3, -0.25) is 0 Å². The molecular formula is C23H16FN5. The molecule has 0 aliphatic carbocycles.